The minimum atomic E-state index is -0.188. The first-order valence-corrected chi connectivity index (χ1v) is 8.39. The van der Waals surface area contributed by atoms with Gasteiger partial charge in [-0.1, -0.05) is 19.8 Å². The van der Waals surface area contributed by atoms with Gasteiger partial charge in [-0.05, 0) is 45.7 Å². The molecule has 0 amide bonds. The summed E-state index contributed by atoms with van der Waals surface area (Å²) in [5.74, 6) is 0. The normalized spacial score (nSPS) is 18.3. The molecule has 2 rings (SSSR count). The Hall–Kier alpha value is -0.870. The van der Waals surface area contributed by atoms with Crippen molar-refractivity contribution in [1.82, 2.24) is 15.1 Å². The van der Waals surface area contributed by atoms with Crippen molar-refractivity contribution in [3.63, 3.8) is 0 Å². The van der Waals surface area contributed by atoms with E-state index in [1.807, 2.05) is 0 Å². The van der Waals surface area contributed by atoms with Crippen molar-refractivity contribution < 1.29 is 4.74 Å². The van der Waals surface area contributed by atoms with Crippen molar-refractivity contribution in [3.05, 3.63) is 18.0 Å². The standard InChI is InChI=1S/C17H31N3O/c1-5-11-18-16(17(2,3)21-4)13-14-10-12-20(19-14)15-8-6-7-9-15/h10,12,15-16,18H,5-9,11,13H2,1-4H3. The first kappa shape index (κ1) is 16.5. The van der Waals surface area contributed by atoms with Crippen molar-refractivity contribution in [2.75, 3.05) is 13.7 Å². The molecule has 1 atom stereocenters. The molecule has 1 saturated carbocycles. The van der Waals surface area contributed by atoms with E-state index >= 15 is 0 Å². The van der Waals surface area contributed by atoms with Crippen molar-refractivity contribution in [2.24, 2.45) is 0 Å². The molecule has 1 aromatic heterocycles. The number of nitrogens with zero attached hydrogens (tertiary/aromatic N) is 2. The van der Waals surface area contributed by atoms with E-state index in [1.165, 1.54) is 31.4 Å². The van der Waals surface area contributed by atoms with Crippen molar-refractivity contribution in [2.45, 2.75) is 77.0 Å². The molecule has 0 aliphatic heterocycles. The van der Waals surface area contributed by atoms with Gasteiger partial charge in [0.2, 0.25) is 0 Å². The van der Waals surface area contributed by atoms with Crippen LogP contribution in [0.4, 0.5) is 0 Å². The molecule has 1 N–H and O–H groups in total. The number of aromatic nitrogens is 2. The maximum atomic E-state index is 5.68. The summed E-state index contributed by atoms with van der Waals surface area (Å²) < 4.78 is 7.86. The van der Waals surface area contributed by atoms with Gasteiger partial charge in [-0.25, -0.2) is 0 Å². The maximum Gasteiger partial charge on any atom is 0.0778 e. The molecule has 0 aromatic carbocycles. The lowest BCUT2D eigenvalue weighted by molar-refractivity contribution is -0.0103. The molecule has 4 nitrogen and oxygen atoms in total. The Kier molecular flexibility index (Phi) is 5.82. The first-order valence-electron chi connectivity index (χ1n) is 8.39. The average molecular weight is 293 g/mol. The van der Waals surface area contributed by atoms with E-state index in [4.69, 9.17) is 9.84 Å². The second kappa shape index (κ2) is 7.41. The van der Waals surface area contributed by atoms with Crippen LogP contribution in [-0.4, -0.2) is 35.1 Å². The SMILES string of the molecule is CCCNC(Cc1ccn(C2CCCC2)n1)C(C)(C)OC. The lowest BCUT2D eigenvalue weighted by atomic mass is 9.94. The Morgan fingerprint density at radius 1 is 1.43 bits per heavy atom. The van der Waals surface area contributed by atoms with E-state index in [0.717, 1.165) is 19.4 Å². The molecule has 0 radical (unpaired) electrons. The summed E-state index contributed by atoms with van der Waals surface area (Å²) >= 11 is 0. The van der Waals surface area contributed by atoms with E-state index in [9.17, 15) is 0 Å². The highest BCUT2D eigenvalue weighted by atomic mass is 16.5. The number of hydrogen-bond donors (Lipinski definition) is 1. The molecule has 21 heavy (non-hydrogen) atoms. The van der Waals surface area contributed by atoms with E-state index in [2.05, 4.69) is 43.0 Å². The van der Waals surface area contributed by atoms with Crippen LogP contribution in [0.15, 0.2) is 12.3 Å². The summed E-state index contributed by atoms with van der Waals surface area (Å²) in [6.45, 7) is 7.50. The van der Waals surface area contributed by atoms with Gasteiger partial charge in [-0.15, -0.1) is 0 Å². The predicted octanol–water partition coefficient (Wildman–Crippen LogP) is 3.33. The van der Waals surface area contributed by atoms with Gasteiger partial charge in [-0.3, -0.25) is 4.68 Å². The number of methoxy groups -OCH3 is 1. The third-order valence-electron chi connectivity index (χ3n) is 4.78. The average Bonchev–Trinajstić information content (AvgIpc) is 3.13. The molecular weight excluding hydrogens is 262 g/mol. The van der Waals surface area contributed by atoms with Crippen LogP contribution in [0.25, 0.3) is 0 Å². The van der Waals surface area contributed by atoms with Gasteiger partial charge >= 0.3 is 0 Å². The molecule has 1 aliphatic carbocycles. The third kappa shape index (κ3) is 4.30. The molecule has 4 heteroatoms. The number of rotatable bonds is 8. The van der Waals surface area contributed by atoms with Gasteiger partial charge < -0.3 is 10.1 Å². The van der Waals surface area contributed by atoms with Crippen LogP contribution in [0.5, 0.6) is 0 Å². The highest BCUT2D eigenvalue weighted by molar-refractivity contribution is 5.05. The van der Waals surface area contributed by atoms with Gasteiger partial charge in [0.05, 0.1) is 17.3 Å². The Morgan fingerprint density at radius 3 is 2.76 bits per heavy atom. The molecule has 1 aliphatic rings. The summed E-state index contributed by atoms with van der Waals surface area (Å²) in [6, 6.07) is 3.08. The second-order valence-electron chi connectivity index (χ2n) is 6.74. The summed E-state index contributed by atoms with van der Waals surface area (Å²) in [5, 5.41) is 8.42. The largest absolute Gasteiger partial charge is 0.377 e. The Morgan fingerprint density at radius 2 is 2.14 bits per heavy atom. The quantitative estimate of drug-likeness (QED) is 0.799. The van der Waals surface area contributed by atoms with Crippen molar-refractivity contribution in [3.8, 4) is 0 Å². The van der Waals surface area contributed by atoms with E-state index in [0.29, 0.717) is 6.04 Å². The zero-order chi connectivity index (χ0) is 15.3. The Labute approximate surface area is 129 Å². The highest BCUT2D eigenvalue weighted by Crippen LogP contribution is 2.29. The van der Waals surface area contributed by atoms with Crippen LogP contribution in [0.3, 0.4) is 0 Å². The van der Waals surface area contributed by atoms with E-state index in [1.54, 1.807) is 7.11 Å². The molecule has 1 fully saturated rings. The third-order valence-corrected chi connectivity index (χ3v) is 4.78. The fraction of sp³-hybridized carbons (Fsp3) is 0.824. The van der Waals surface area contributed by atoms with Gasteiger partial charge in [0, 0.05) is 25.8 Å². The number of hydrogen-bond acceptors (Lipinski definition) is 3. The van der Waals surface area contributed by atoms with Crippen LogP contribution in [-0.2, 0) is 11.2 Å². The molecule has 0 saturated heterocycles. The predicted molar refractivity (Wildman–Crippen MR) is 86.6 cm³/mol. The summed E-state index contributed by atoms with van der Waals surface area (Å²) in [5.41, 5.74) is 0.979. The van der Waals surface area contributed by atoms with E-state index in [-0.39, 0.29) is 11.6 Å². The number of ether oxygens (including phenoxy) is 1. The second-order valence-corrected chi connectivity index (χ2v) is 6.74. The minimum Gasteiger partial charge on any atom is -0.377 e. The van der Waals surface area contributed by atoms with Crippen LogP contribution in [0, 0.1) is 0 Å². The van der Waals surface area contributed by atoms with Crippen molar-refractivity contribution >= 4 is 0 Å². The topological polar surface area (TPSA) is 39.1 Å². The summed E-state index contributed by atoms with van der Waals surface area (Å²) in [7, 11) is 1.79. The zero-order valence-electron chi connectivity index (χ0n) is 14.1. The lowest BCUT2D eigenvalue weighted by Gasteiger charge is -2.33. The maximum absolute atomic E-state index is 5.68. The van der Waals surface area contributed by atoms with Gasteiger partial charge in [-0.2, -0.15) is 5.10 Å². The van der Waals surface area contributed by atoms with Crippen LogP contribution in [0.2, 0.25) is 0 Å². The monoisotopic (exact) mass is 293 g/mol. The van der Waals surface area contributed by atoms with Gasteiger partial charge in [0.1, 0.15) is 0 Å². The van der Waals surface area contributed by atoms with Crippen LogP contribution in [0.1, 0.15) is 64.6 Å². The number of nitrogens with one attached hydrogen (secondary N) is 1. The molecule has 1 heterocycles. The highest BCUT2D eigenvalue weighted by Gasteiger charge is 2.29. The fourth-order valence-electron chi connectivity index (χ4n) is 3.09. The molecule has 0 bridgehead atoms. The smallest absolute Gasteiger partial charge is 0.0778 e. The van der Waals surface area contributed by atoms with Crippen molar-refractivity contribution in [1.29, 1.82) is 0 Å². The Balaban J connectivity index is 2.02. The zero-order valence-corrected chi connectivity index (χ0v) is 14.1. The summed E-state index contributed by atoms with van der Waals surface area (Å²) in [4.78, 5) is 0. The van der Waals surface area contributed by atoms with Gasteiger partial charge in [0.25, 0.3) is 0 Å². The fourth-order valence-corrected chi connectivity index (χ4v) is 3.09. The lowest BCUT2D eigenvalue weighted by Crippen LogP contribution is -2.49. The minimum absolute atomic E-state index is 0.188. The van der Waals surface area contributed by atoms with Crippen LogP contribution >= 0.6 is 0 Å². The van der Waals surface area contributed by atoms with Gasteiger partial charge in [0.15, 0.2) is 0 Å². The first-order chi connectivity index (χ1) is 10.1. The Bertz CT molecular complexity index is 421. The molecule has 1 aromatic rings. The molecule has 120 valence electrons. The molecule has 0 spiro atoms. The van der Waals surface area contributed by atoms with E-state index < -0.39 is 0 Å². The molecule has 1 unspecified atom stereocenters. The molecular formula is C17H31N3O. The van der Waals surface area contributed by atoms with Crippen LogP contribution < -0.4 is 5.32 Å². The summed E-state index contributed by atoms with van der Waals surface area (Å²) in [6.07, 6.45) is 9.45.